The minimum absolute atomic E-state index is 0.0654. The van der Waals surface area contributed by atoms with Gasteiger partial charge in [-0.1, -0.05) is 32.3 Å². The molecule has 13 nitrogen and oxygen atoms in total. The van der Waals surface area contributed by atoms with Crippen LogP contribution in [-0.2, 0) is 14.3 Å². The van der Waals surface area contributed by atoms with E-state index in [1.165, 1.54) is 26.4 Å². The molecule has 1 aromatic heterocycles. The fourth-order valence-electron chi connectivity index (χ4n) is 7.13. The van der Waals surface area contributed by atoms with Crippen molar-refractivity contribution in [2.24, 2.45) is 17.1 Å². The summed E-state index contributed by atoms with van der Waals surface area (Å²) in [6, 6.07) is 2.22. The van der Waals surface area contributed by atoms with Crippen LogP contribution in [0.4, 0.5) is 9.59 Å². The van der Waals surface area contributed by atoms with Crippen molar-refractivity contribution >= 4 is 35.0 Å². The second-order valence-electron chi connectivity index (χ2n) is 11.7. The Morgan fingerprint density at radius 2 is 1.86 bits per heavy atom. The number of aromatic nitrogens is 2. The lowest BCUT2D eigenvalue weighted by molar-refractivity contribution is -0.162. The van der Waals surface area contributed by atoms with Crippen molar-refractivity contribution in [2.75, 3.05) is 33.3 Å². The van der Waals surface area contributed by atoms with E-state index in [-0.39, 0.29) is 17.0 Å². The predicted octanol–water partition coefficient (Wildman–Crippen LogP) is 3.37. The lowest BCUT2D eigenvalue weighted by Crippen LogP contribution is -2.54. The molecule has 4 N–H and O–H groups in total. The lowest BCUT2D eigenvalue weighted by atomic mass is 9.63. The average Bonchev–Trinajstić information content (AvgIpc) is 3.50. The number of ether oxygens (including phenoxy) is 1. The Labute approximate surface area is 250 Å². The van der Waals surface area contributed by atoms with Crippen LogP contribution < -0.4 is 16.4 Å². The van der Waals surface area contributed by atoms with E-state index >= 15 is 0 Å². The maximum atomic E-state index is 13.6. The molecule has 3 aliphatic rings. The van der Waals surface area contributed by atoms with Crippen LogP contribution in [0.5, 0.6) is 0 Å². The van der Waals surface area contributed by atoms with Crippen molar-refractivity contribution in [1.82, 2.24) is 30.7 Å². The van der Waals surface area contributed by atoms with Crippen molar-refractivity contribution in [3.8, 4) is 0 Å². The van der Waals surface area contributed by atoms with Gasteiger partial charge in [-0.3, -0.25) is 9.59 Å². The van der Waals surface area contributed by atoms with Gasteiger partial charge in [0.2, 0.25) is 0 Å². The topological polar surface area (TPSA) is 173 Å². The highest BCUT2D eigenvalue weighted by Crippen LogP contribution is 2.46. The number of benzene rings is 1. The molecule has 2 aromatic rings. The summed E-state index contributed by atoms with van der Waals surface area (Å²) in [5, 5.41) is 13.3. The number of amides is 5. The van der Waals surface area contributed by atoms with E-state index in [2.05, 4.69) is 25.8 Å². The molecule has 1 saturated carbocycles. The van der Waals surface area contributed by atoms with Crippen molar-refractivity contribution < 1.29 is 28.5 Å². The first-order valence-electron chi connectivity index (χ1n) is 15.2. The molecule has 13 heteroatoms. The van der Waals surface area contributed by atoms with Gasteiger partial charge in [0, 0.05) is 12.2 Å². The molecule has 0 spiro atoms. The fourth-order valence-corrected chi connectivity index (χ4v) is 7.13. The Kier molecular flexibility index (Phi) is 9.28. The van der Waals surface area contributed by atoms with Gasteiger partial charge in [-0.15, -0.1) is 0 Å². The summed E-state index contributed by atoms with van der Waals surface area (Å²) in [7, 11) is 1.50. The summed E-state index contributed by atoms with van der Waals surface area (Å²) in [6.45, 7) is 4.61. The van der Waals surface area contributed by atoms with Crippen LogP contribution >= 0.6 is 0 Å². The summed E-state index contributed by atoms with van der Waals surface area (Å²) in [6.07, 6.45) is 8.42. The normalized spacial score (nSPS) is 21.5. The van der Waals surface area contributed by atoms with Crippen LogP contribution in [0.1, 0.15) is 76.3 Å². The highest BCUT2D eigenvalue weighted by Gasteiger charge is 2.48. The molecule has 5 rings (SSSR count). The number of nitrogens with two attached hydrogens (primary N) is 1. The monoisotopic (exact) mass is 595 g/mol. The first-order chi connectivity index (χ1) is 20.8. The zero-order valence-electron chi connectivity index (χ0n) is 24.9. The first-order valence-corrected chi connectivity index (χ1v) is 15.2. The molecule has 1 saturated heterocycles. The molecule has 232 valence electrons. The third-order valence-corrected chi connectivity index (χ3v) is 9.43. The molecular formula is C30H41N7O6. The van der Waals surface area contributed by atoms with E-state index in [1.807, 2.05) is 6.92 Å². The summed E-state index contributed by atoms with van der Waals surface area (Å²) >= 11 is 0. The van der Waals surface area contributed by atoms with Crippen LogP contribution in [0.2, 0.25) is 0 Å². The van der Waals surface area contributed by atoms with E-state index < -0.39 is 24.0 Å². The Morgan fingerprint density at radius 3 is 2.53 bits per heavy atom. The maximum Gasteiger partial charge on any atom is 0.330 e. The SMILES string of the molecule is CCC1=C(C(=O)NCCCN2CCC(C(=O)OC)(C3CCCCC3)CC2)C(c2ccc3nonc3c2)N(C(N)=O)C(=O)N1. The first kappa shape index (κ1) is 30.5. The van der Waals surface area contributed by atoms with Gasteiger partial charge >= 0.3 is 18.0 Å². The van der Waals surface area contributed by atoms with E-state index in [0.29, 0.717) is 47.6 Å². The average molecular weight is 596 g/mol. The number of methoxy groups -OCH3 is 1. The summed E-state index contributed by atoms with van der Waals surface area (Å²) in [4.78, 5) is 55.1. The van der Waals surface area contributed by atoms with E-state index in [9.17, 15) is 19.2 Å². The molecule has 3 heterocycles. The number of primary amides is 1. The maximum absolute atomic E-state index is 13.6. The summed E-state index contributed by atoms with van der Waals surface area (Å²) in [5.74, 6) is -0.0714. The second-order valence-corrected chi connectivity index (χ2v) is 11.7. The van der Waals surface area contributed by atoms with Gasteiger partial charge in [-0.2, -0.15) is 0 Å². The Bertz CT molecular complexity index is 1390. The van der Waals surface area contributed by atoms with Gasteiger partial charge in [-0.25, -0.2) is 19.1 Å². The zero-order chi connectivity index (χ0) is 30.6. The largest absolute Gasteiger partial charge is 0.469 e. The van der Waals surface area contributed by atoms with Crippen molar-refractivity contribution in [3.05, 3.63) is 35.0 Å². The smallest absolute Gasteiger partial charge is 0.330 e. The molecular weight excluding hydrogens is 554 g/mol. The van der Waals surface area contributed by atoms with Gasteiger partial charge in [-0.05, 0) is 92.1 Å². The van der Waals surface area contributed by atoms with Crippen molar-refractivity contribution in [2.45, 2.75) is 70.8 Å². The highest BCUT2D eigenvalue weighted by atomic mass is 16.6. The number of nitrogens with one attached hydrogen (secondary N) is 2. The number of hydrogen-bond acceptors (Lipinski definition) is 9. The highest BCUT2D eigenvalue weighted by molar-refractivity contribution is 6.03. The Balaban J connectivity index is 1.24. The molecule has 2 fully saturated rings. The predicted molar refractivity (Wildman–Crippen MR) is 156 cm³/mol. The molecule has 0 radical (unpaired) electrons. The number of rotatable bonds is 9. The van der Waals surface area contributed by atoms with Crippen LogP contribution in [0.25, 0.3) is 11.0 Å². The number of piperidine rings is 1. The standard InChI is InChI=1S/C30H41N7O6/c1-3-21-24(25(37(28(31)40)29(41)33-21)19-10-11-22-23(18-19)35-43-34-22)26(38)32-14-7-15-36-16-12-30(13-17-36,27(39)42-2)20-8-5-4-6-9-20/h10-11,18,20,25H,3-9,12-17H2,1-2H3,(H2,31,40)(H,32,38)(H,33,41). The Hall–Kier alpha value is -4.00. The number of nitrogens with zero attached hydrogens (tertiary/aromatic N) is 4. The molecule has 1 aliphatic carbocycles. The van der Waals surface area contributed by atoms with E-state index in [4.69, 9.17) is 15.1 Å². The molecule has 0 bridgehead atoms. The van der Waals surface area contributed by atoms with Crippen LogP contribution in [0.3, 0.4) is 0 Å². The Morgan fingerprint density at radius 1 is 1.14 bits per heavy atom. The second kappa shape index (κ2) is 13.1. The van der Waals surface area contributed by atoms with Crippen molar-refractivity contribution in [1.29, 1.82) is 0 Å². The van der Waals surface area contributed by atoms with Crippen LogP contribution in [0.15, 0.2) is 34.1 Å². The van der Waals surface area contributed by atoms with Crippen LogP contribution in [0, 0.1) is 11.3 Å². The van der Waals surface area contributed by atoms with Gasteiger partial charge in [0.1, 0.15) is 17.1 Å². The van der Waals surface area contributed by atoms with Gasteiger partial charge in [0.15, 0.2) is 0 Å². The zero-order valence-corrected chi connectivity index (χ0v) is 24.9. The molecule has 1 atom stereocenters. The van der Waals surface area contributed by atoms with E-state index in [1.54, 1.807) is 18.2 Å². The molecule has 1 aromatic carbocycles. The number of fused-ring (bicyclic) bond motifs is 1. The fraction of sp³-hybridized carbons (Fsp3) is 0.600. The molecule has 5 amide bonds. The number of carbonyl (C=O) groups is 4. The van der Waals surface area contributed by atoms with Gasteiger partial charge < -0.3 is 26.0 Å². The number of likely N-dealkylation sites (tertiary alicyclic amines) is 1. The minimum Gasteiger partial charge on any atom is -0.469 e. The number of allylic oxidation sites excluding steroid dienone is 1. The van der Waals surface area contributed by atoms with Gasteiger partial charge in [0.05, 0.1) is 18.1 Å². The summed E-state index contributed by atoms with van der Waals surface area (Å²) < 4.78 is 10.1. The molecule has 43 heavy (non-hydrogen) atoms. The molecule has 2 aliphatic heterocycles. The number of imide groups is 1. The minimum atomic E-state index is -1.05. The quantitative estimate of drug-likeness (QED) is 0.290. The van der Waals surface area contributed by atoms with E-state index in [0.717, 1.165) is 50.2 Å². The van der Waals surface area contributed by atoms with Crippen LogP contribution in [-0.4, -0.2) is 77.3 Å². The number of esters is 1. The third-order valence-electron chi connectivity index (χ3n) is 9.43. The number of hydrogen-bond donors (Lipinski definition) is 3. The molecule has 1 unspecified atom stereocenters. The third kappa shape index (κ3) is 6.08. The van der Waals surface area contributed by atoms with Crippen molar-refractivity contribution in [3.63, 3.8) is 0 Å². The lowest BCUT2D eigenvalue weighted by Gasteiger charge is -2.45. The summed E-state index contributed by atoms with van der Waals surface area (Å²) in [5.41, 5.74) is 7.29. The van der Waals surface area contributed by atoms with Gasteiger partial charge in [0.25, 0.3) is 5.91 Å². The number of urea groups is 2. The number of carbonyl (C=O) groups excluding carboxylic acids is 4.